The normalized spacial score (nSPS) is 10.1. The van der Waals surface area contributed by atoms with Crippen molar-refractivity contribution in [3.05, 3.63) is 35.8 Å². The molecule has 0 amide bonds. The van der Waals surface area contributed by atoms with E-state index in [4.69, 9.17) is 11.6 Å². The Kier molecular flexibility index (Phi) is 4.56. The molecule has 0 spiro atoms. The zero-order valence-electron chi connectivity index (χ0n) is 8.71. The highest BCUT2D eigenvalue weighted by Gasteiger charge is 2.11. The molecule has 0 unspecified atom stereocenters. The topological polar surface area (TPSA) is 16.1 Å². The van der Waals surface area contributed by atoms with Crippen LogP contribution in [-0.4, -0.2) is 18.1 Å². The van der Waals surface area contributed by atoms with Crippen molar-refractivity contribution in [2.24, 2.45) is 0 Å². The van der Waals surface area contributed by atoms with Crippen LogP contribution in [0.2, 0.25) is 5.02 Å². The Labute approximate surface area is 94.4 Å². The Morgan fingerprint density at radius 3 is 2.93 bits per heavy atom. The number of anilines is 1. The lowest BCUT2D eigenvalue weighted by Gasteiger charge is -2.21. The fraction of sp³-hybridized carbons (Fsp3) is 0.364. The average Bonchev–Trinajstić information content (AvgIpc) is 2.17. The Morgan fingerprint density at radius 1 is 1.67 bits per heavy atom. The molecule has 1 aromatic rings. The van der Waals surface area contributed by atoms with Gasteiger partial charge < -0.3 is 4.90 Å². The molecule has 0 N–H and O–H groups in total. The maximum atomic E-state index is 13.5. The quantitative estimate of drug-likeness (QED) is 0.719. The highest BCUT2D eigenvalue weighted by molar-refractivity contribution is 6.30. The van der Waals surface area contributed by atoms with E-state index in [-0.39, 0.29) is 0 Å². The predicted molar refractivity (Wildman–Crippen MR) is 61.9 cm³/mol. The fourth-order valence-electron chi connectivity index (χ4n) is 1.35. The zero-order valence-corrected chi connectivity index (χ0v) is 9.47. The van der Waals surface area contributed by atoms with Gasteiger partial charge in [0.25, 0.3) is 0 Å². The molecule has 1 aromatic heterocycles. The van der Waals surface area contributed by atoms with Crippen molar-refractivity contribution in [1.82, 2.24) is 4.98 Å². The smallest absolute Gasteiger partial charge is 0.167 e. The van der Waals surface area contributed by atoms with Crippen LogP contribution in [0.1, 0.15) is 13.3 Å². The minimum absolute atomic E-state index is 0.311. The van der Waals surface area contributed by atoms with E-state index < -0.39 is 5.82 Å². The van der Waals surface area contributed by atoms with E-state index in [1.54, 1.807) is 6.08 Å². The molecule has 4 heteroatoms. The molecule has 1 heterocycles. The second kappa shape index (κ2) is 5.71. The third-order valence-corrected chi connectivity index (χ3v) is 2.14. The molecule has 0 saturated carbocycles. The maximum absolute atomic E-state index is 13.5. The summed E-state index contributed by atoms with van der Waals surface area (Å²) in [6.07, 6.45) is 4.11. The minimum Gasteiger partial charge on any atom is -0.350 e. The molecular formula is C11H14ClFN2. The number of pyridine rings is 1. The minimum atomic E-state index is -0.391. The number of halogens is 2. The Morgan fingerprint density at radius 2 is 2.40 bits per heavy atom. The summed E-state index contributed by atoms with van der Waals surface area (Å²) >= 11 is 5.63. The van der Waals surface area contributed by atoms with E-state index in [9.17, 15) is 4.39 Å². The van der Waals surface area contributed by atoms with Crippen LogP contribution < -0.4 is 4.90 Å². The number of nitrogens with zero attached hydrogens (tertiary/aromatic N) is 2. The van der Waals surface area contributed by atoms with Crippen molar-refractivity contribution in [2.45, 2.75) is 13.3 Å². The van der Waals surface area contributed by atoms with Gasteiger partial charge in [-0.05, 0) is 12.5 Å². The molecule has 1 rings (SSSR count). The molecular weight excluding hydrogens is 215 g/mol. The highest BCUT2D eigenvalue weighted by Crippen LogP contribution is 2.19. The lowest BCUT2D eigenvalue weighted by Crippen LogP contribution is -2.26. The molecule has 0 bridgehead atoms. The SMILES string of the molecule is C=CCN(CCC)c1ncc(Cl)cc1F. The molecule has 2 nitrogen and oxygen atoms in total. The largest absolute Gasteiger partial charge is 0.350 e. The first-order valence-corrected chi connectivity index (χ1v) is 5.23. The third-order valence-electron chi connectivity index (χ3n) is 1.93. The van der Waals surface area contributed by atoms with Gasteiger partial charge in [0.05, 0.1) is 5.02 Å². The van der Waals surface area contributed by atoms with Crippen LogP contribution in [0.3, 0.4) is 0 Å². The van der Waals surface area contributed by atoms with E-state index in [0.717, 1.165) is 13.0 Å². The monoisotopic (exact) mass is 228 g/mol. The van der Waals surface area contributed by atoms with Gasteiger partial charge in [-0.2, -0.15) is 0 Å². The van der Waals surface area contributed by atoms with Crippen LogP contribution >= 0.6 is 11.6 Å². The summed E-state index contributed by atoms with van der Waals surface area (Å²) in [5.74, 6) is -0.0565. The molecule has 15 heavy (non-hydrogen) atoms. The lowest BCUT2D eigenvalue weighted by atomic mass is 10.3. The van der Waals surface area contributed by atoms with Gasteiger partial charge in [-0.1, -0.05) is 24.6 Å². The molecule has 82 valence electrons. The van der Waals surface area contributed by atoms with Crippen molar-refractivity contribution in [2.75, 3.05) is 18.0 Å². The number of hydrogen-bond donors (Lipinski definition) is 0. The van der Waals surface area contributed by atoms with Crippen molar-refractivity contribution in [3.63, 3.8) is 0 Å². The number of hydrogen-bond acceptors (Lipinski definition) is 2. The van der Waals surface area contributed by atoms with Crippen molar-refractivity contribution in [3.8, 4) is 0 Å². The Bertz CT molecular complexity index is 341. The molecule has 0 saturated heterocycles. The first-order valence-electron chi connectivity index (χ1n) is 4.86. The van der Waals surface area contributed by atoms with Gasteiger partial charge in [-0.3, -0.25) is 0 Å². The molecule has 0 aliphatic heterocycles. The maximum Gasteiger partial charge on any atom is 0.167 e. The van der Waals surface area contributed by atoms with Gasteiger partial charge >= 0.3 is 0 Å². The van der Waals surface area contributed by atoms with Crippen molar-refractivity contribution >= 4 is 17.4 Å². The third kappa shape index (κ3) is 3.20. The standard InChI is InChI=1S/C11H14ClFN2/c1-3-5-15(6-4-2)11-10(13)7-9(12)8-14-11/h3,7-8H,1,4-6H2,2H3. The summed E-state index contributed by atoms with van der Waals surface area (Å²) in [6.45, 7) is 7.00. The zero-order chi connectivity index (χ0) is 11.3. The summed E-state index contributed by atoms with van der Waals surface area (Å²) in [5.41, 5.74) is 0. The summed E-state index contributed by atoms with van der Waals surface area (Å²) in [7, 11) is 0. The van der Waals surface area contributed by atoms with Crippen LogP contribution in [-0.2, 0) is 0 Å². The van der Waals surface area contributed by atoms with Gasteiger partial charge in [0.1, 0.15) is 0 Å². The predicted octanol–water partition coefficient (Wildman–Crippen LogP) is 3.28. The van der Waals surface area contributed by atoms with Crippen molar-refractivity contribution < 1.29 is 4.39 Å². The summed E-state index contributed by atoms with van der Waals surface area (Å²) in [4.78, 5) is 5.82. The van der Waals surface area contributed by atoms with Gasteiger partial charge in [0.15, 0.2) is 11.6 Å². The number of aromatic nitrogens is 1. The second-order valence-electron chi connectivity index (χ2n) is 3.19. The first kappa shape index (κ1) is 12.0. The van der Waals surface area contributed by atoms with Crippen LogP contribution in [0.25, 0.3) is 0 Å². The van der Waals surface area contributed by atoms with E-state index >= 15 is 0 Å². The van der Waals surface area contributed by atoms with Gasteiger partial charge in [-0.15, -0.1) is 6.58 Å². The summed E-state index contributed by atoms with van der Waals surface area (Å²) < 4.78 is 13.5. The Hall–Kier alpha value is -1.09. The molecule has 0 atom stereocenters. The van der Waals surface area contributed by atoms with E-state index in [1.807, 2.05) is 11.8 Å². The lowest BCUT2D eigenvalue weighted by molar-refractivity contribution is 0.611. The molecule has 0 radical (unpaired) electrons. The first-order chi connectivity index (χ1) is 7.19. The average molecular weight is 229 g/mol. The van der Waals surface area contributed by atoms with Crippen LogP contribution in [0, 0.1) is 5.82 Å². The van der Waals surface area contributed by atoms with Crippen LogP contribution in [0.4, 0.5) is 10.2 Å². The fourth-order valence-corrected chi connectivity index (χ4v) is 1.49. The highest BCUT2D eigenvalue weighted by atomic mass is 35.5. The van der Waals surface area contributed by atoms with Crippen molar-refractivity contribution in [1.29, 1.82) is 0 Å². The van der Waals surface area contributed by atoms with E-state index in [0.29, 0.717) is 17.4 Å². The van der Waals surface area contributed by atoms with Gasteiger partial charge in [-0.25, -0.2) is 9.37 Å². The molecule has 0 fully saturated rings. The van der Waals surface area contributed by atoms with Crippen LogP contribution in [0.5, 0.6) is 0 Å². The summed E-state index contributed by atoms with van der Waals surface area (Å²) in [6, 6.07) is 1.27. The summed E-state index contributed by atoms with van der Waals surface area (Å²) in [5, 5.41) is 0.311. The molecule has 0 aliphatic carbocycles. The van der Waals surface area contributed by atoms with Gasteiger partial charge in [0, 0.05) is 19.3 Å². The second-order valence-corrected chi connectivity index (χ2v) is 3.63. The van der Waals surface area contributed by atoms with Crippen LogP contribution in [0.15, 0.2) is 24.9 Å². The molecule has 0 aliphatic rings. The Balaban J connectivity index is 2.94. The molecule has 0 aromatic carbocycles. The van der Waals surface area contributed by atoms with E-state index in [2.05, 4.69) is 11.6 Å². The number of rotatable bonds is 5. The van der Waals surface area contributed by atoms with Gasteiger partial charge in [0.2, 0.25) is 0 Å². The van der Waals surface area contributed by atoms with E-state index in [1.165, 1.54) is 12.3 Å².